The Bertz CT molecular complexity index is 745. The maximum atomic E-state index is 12.8. The quantitative estimate of drug-likeness (QED) is 0.635. The average molecular weight is 465 g/mol. The van der Waals surface area contributed by atoms with E-state index in [0.717, 1.165) is 12.8 Å². The second-order valence-corrected chi connectivity index (χ2v) is 9.26. The summed E-state index contributed by atoms with van der Waals surface area (Å²) in [6.07, 6.45) is -3.29. The lowest BCUT2D eigenvalue weighted by atomic mass is 10.1. The van der Waals surface area contributed by atoms with E-state index in [1.807, 2.05) is 20.8 Å². The zero-order valence-electron chi connectivity index (χ0n) is 16.1. The first-order chi connectivity index (χ1) is 12.9. The number of nitrogens with zero attached hydrogens (tertiary/aromatic N) is 2. The second kappa shape index (κ2) is 7.40. The standard InChI is InChI=1S/C19H24BrF3N2O3/c1-17(2,3)28-16(26)24-8-9-25(18(12-24)6-7-18)11-13-4-5-14(20)10-15(13)27-19(21,22)23/h4-5,10H,6-9,11-12H2,1-3H3. The van der Waals surface area contributed by atoms with Gasteiger partial charge in [0.1, 0.15) is 11.4 Å². The van der Waals surface area contributed by atoms with Crippen LogP contribution >= 0.6 is 15.9 Å². The van der Waals surface area contributed by atoms with Gasteiger partial charge in [0, 0.05) is 41.8 Å². The van der Waals surface area contributed by atoms with Gasteiger partial charge in [0.2, 0.25) is 0 Å². The molecule has 2 fully saturated rings. The molecule has 1 aliphatic heterocycles. The van der Waals surface area contributed by atoms with Gasteiger partial charge in [-0.3, -0.25) is 4.90 Å². The van der Waals surface area contributed by atoms with Crippen LogP contribution in [-0.2, 0) is 11.3 Å². The Morgan fingerprint density at radius 3 is 2.46 bits per heavy atom. The van der Waals surface area contributed by atoms with Crippen LogP contribution in [0.5, 0.6) is 5.75 Å². The van der Waals surface area contributed by atoms with Gasteiger partial charge in [0.25, 0.3) is 0 Å². The fraction of sp³-hybridized carbons (Fsp3) is 0.632. The number of hydrogen-bond donors (Lipinski definition) is 0. The molecule has 2 aliphatic rings. The summed E-state index contributed by atoms with van der Waals surface area (Å²) in [6, 6.07) is 4.68. The molecule has 0 atom stereocenters. The Kier molecular flexibility index (Phi) is 5.62. The van der Waals surface area contributed by atoms with Crippen molar-refractivity contribution in [3.8, 4) is 5.75 Å². The minimum atomic E-state index is -4.75. The van der Waals surface area contributed by atoms with Gasteiger partial charge in [-0.25, -0.2) is 4.79 Å². The average Bonchev–Trinajstić information content (AvgIpc) is 3.28. The highest BCUT2D eigenvalue weighted by Crippen LogP contribution is 2.46. The topological polar surface area (TPSA) is 42.0 Å². The van der Waals surface area contributed by atoms with E-state index in [9.17, 15) is 18.0 Å². The van der Waals surface area contributed by atoms with E-state index < -0.39 is 12.0 Å². The Morgan fingerprint density at radius 2 is 1.89 bits per heavy atom. The van der Waals surface area contributed by atoms with E-state index in [0.29, 0.717) is 36.2 Å². The molecule has 1 spiro atoms. The van der Waals surface area contributed by atoms with Crippen LogP contribution in [0.15, 0.2) is 22.7 Å². The van der Waals surface area contributed by atoms with Gasteiger partial charge in [-0.1, -0.05) is 22.0 Å². The minimum Gasteiger partial charge on any atom is -0.444 e. The predicted octanol–water partition coefficient (Wildman–Crippen LogP) is 4.93. The molecule has 1 amide bonds. The highest BCUT2D eigenvalue weighted by atomic mass is 79.9. The summed E-state index contributed by atoms with van der Waals surface area (Å²) in [4.78, 5) is 16.2. The lowest BCUT2D eigenvalue weighted by molar-refractivity contribution is -0.275. The minimum absolute atomic E-state index is 0.197. The van der Waals surface area contributed by atoms with Crippen molar-refractivity contribution in [1.82, 2.24) is 9.80 Å². The van der Waals surface area contributed by atoms with E-state index in [1.165, 1.54) is 6.07 Å². The maximum absolute atomic E-state index is 12.8. The van der Waals surface area contributed by atoms with E-state index in [4.69, 9.17) is 4.74 Å². The fourth-order valence-electron chi connectivity index (χ4n) is 3.44. The van der Waals surface area contributed by atoms with E-state index >= 15 is 0 Å². The molecule has 0 unspecified atom stereocenters. The summed E-state index contributed by atoms with van der Waals surface area (Å²) < 4.78 is 48.5. The van der Waals surface area contributed by atoms with E-state index in [-0.39, 0.29) is 17.4 Å². The molecule has 1 aromatic rings. The Morgan fingerprint density at radius 1 is 1.21 bits per heavy atom. The van der Waals surface area contributed by atoms with Crippen LogP contribution in [-0.4, -0.2) is 53.0 Å². The molecule has 0 N–H and O–H groups in total. The van der Waals surface area contributed by atoms with Crippen molar-refractivity contribution in [2.24, 2.45) is 0 Å². The number of rotatable bonds is 3. The summed E-state index contributed by atoms with van der Waals surface area (Å²) in [6.45, 7) is 7.37. The number of amides is 1. The molecule has 1 aliphatic carbocycles. The summed E-state index contributed by atoms with van der Waals surface area (Å²) in [5, 5.41) is 0. The molecule has 1 saturated carbocycles. The Hall–Kier alpha value is -1.48. The predicted molar refractivity (Wildman–Crippen MR) is 101 cm³/mol. The van der Waals surface area contributed by atoms with Crippen LogP contribution in [0.2, 0.25) is 0 Å². The normalized spacial score (nSPS) is 19.6. The van der Waals surface area contributed by atoms with Gasteiger partial charge in [-0.05, 0) is 45.7 Å². The van der Waals surface area contributed by atoms with Gasteiger partial charge in [0.05, 0.1) is 0 Å². The number of carbonyl (C=O) groups excluding carboxylic acids is 1. The summed E-state index contributed by atoms with van der Waals surface area (Å²) in [7, 11) is 0. The van der Waals surface area contributed by atoms with Crippen molar-refractivity contribution in [3.05, 3.63) is 28.2 Å². The van der Waals surface area contributed by atoms with Crippen LogP contribution in [0, 0.1) is 0 Å². The number of ether oxygens (including phenoxy) is 2. The third-order valence-electron chi connectivity index (χ3n) is 4.89. The number of piperazine rings is 1. The van der Waals surface area contributed by atoms with Gasteiger partial charge in [-0.15, -0.1) is 13.2 Å². The highest BCUT2D eigenvalue weighted by molar-refractivity contribution is 9.10. The third-order valence-corrected chi connectivity index (χ3v) is 5.38. The zero-order chi connectivity index (χ0) is 20.7. The first-order valence-corrected chi connectivity index (χ1v) is 9.93. The molecular weight excluding hydrogens is 441 g/mol. The van der Waals surface area contributed by atoms with E-state index in [1.54, 1.807) is 17.0 Å². The van der Waals surface area contributed by atoms with Crippen molar-refractivity contribution in [2.75, 3.05) is 19.6 Å². The zero-order valence-corrected chi connectivity index (χ0v) is 17.7. The molecule has 156 valence electrons. The SMILES string of the molecule is CC(C)(C)OC(=O)N1CCN(Cc2ccc(Br)cc2OC(F)(F)F)C2(CC2)C1. The van der Waals surface area contributed by atoms with E-state index in [2.05, 4.69) is 25.6 Å². The molecule has 28 heavy (non-hydrogen) atoms. The number of alkyl halides is 3. The Labute approximate surface area is 170 Å². The molecule has 1 heterocycles. The molecule has 0 aromatic heterocycles. The maximum Gasteiger partial charge on any atom is 0.573 e. The van der Waals surface area contributed by atoms with Gasteiger partial charge >= 0.3 is 12.5 Å². The van der Waals surface area contributed by atoms with Crippen molar-refractivity contribution in [1.29, 1.82) is 0 Å². The monoisotopic (exact) mass is 464 g/mol. The van der Waals surface area contributed by atoms with Crippen LogP contribution < -0.4 is 4.74 Å². The summed E-state index contributed by atoms with van der Waals surface area (Å²) >= 11 is 3.19. The Balaban J connectivity index is 1.71. The van der Waals surface area contributed by atoms with Gasteiger partial charge < -0.3 is 14.4 Å². The largest absolute Gasteiger partial charge is 0.573 e. The van der Waals surface area contributed by atoms with Crippen molar-refractivity contribution in [3.63, 3.8) is 0 Å². The van der Waals surface area contributed by atoms with Gasteiger partial charge in [0.15, 0.2) is 0 Å². The highest BCUT2D eigenvalue weighted by Gasteiger charge is 2.52. The molecule has 1 saturated heterocycles. The number of hydrogen-bond acceptors (Lipinski definition) is 4. The first-order valence-electron chi connectivity index (χ1n) is 9.14. The molecule has 3 rings (SSSR count). The lowest BCUT2D eigenvalue weighted by Crippen LogP contribution is -2.56. The molecule has 1 aromatic carbocycles. The van der Waals surface area contributed by atoms with Crippen LogP contribution in [0.3, 0.4) is 0 Å². The second-order valence-electron chi connectivity index (χ2n) is 8.35. The van der Waals surface area contributed by atoms with Gasteiger partial charge in [-0.2, -0.15) is 0 Å². The smallest absolute Gasteiger partial charge is 0.444 e. The number of halogens is 4. The van der Waals surface area contributed by atoms with Crippen LogP contribution in [0.25, 0.3) is 0 Å². The first kappa shape index (κ1) is 21.2. The molecule has 9 heteroatoms. The molecule has 0 radical (unpaired) electrons. The lowest BCUT2D eigenvalue weighted by Gasteiger charge is -2.42. The summed E-state index contributed by atoms with van der Waals surface area (Å²) in [5.41, 5.74) is -0.290. The molecule has 0 bridgehead atoms. The van der Waals surface area contributed by atoms with Crippen molar-refractivity contribution >= 4 is 22.0 Å². The number of benzene rings is 1. The van der Waals surface area contributed by atoms with Crippen molar-refractivity contribution in [2.45, 2.75) is 57.7 Å². The fourth-order valence-corrected chi connectivity index (χ4v) is 3.79. The van der Waals surface area contributed by atoms with Crippen LogP contribution in [0.1, 0.15) is 39.2 Å². The third kappa shape index (κ3) is 5.31. The summed E-state index contributed by atoms with van der Waals surface area (Å²) in [5.74, 6) is -0.202. The van der Waals surface area contributed by atoms with Crippen LogP contribution in [0.4, 0.5) is 18.0 Å². The molecule has 5 nitrogen and oxygen atoms in total. The molecular formula is C19H24BrF3N2O3. The van der Waals surface area contributed by atoms with Crippen molar-refractivity contribution < 1.29 is 27.4 Å². The number of carbonyl (C=O) groups is 1.